The molecule has 0 amide bonds. The van der Waals surface area contributed by atoms with Crippen molar-refractivity contribution in [1.82, 2.24) is 4.98 Å². The van der Waals surface area contributed by atoms with Gasteiger partial charge in [0, 0.05) is 11.8 Å². The molecule has 2 aromatic carbocycles. The number of hydrogen-bond acceptors (Lipinski definition) is 1. The van der Waals surface area contributed by atoms with E-state index in [1.54, 1.807) is 0 Å². The highest BCUT2D eigenvalue weighted by Gasteiger charge is 2.02. The molecule has 3 aromatic rings. The second kappa shape index (κ2) is 11.6. The molecule has 1 heterocycles. The van der Waals surface area contributed by atoms with E-state index in [4.69, 9.17) is 0 Å². The second-order valence-corrected chi connectivity index (χ2v) is 8.13. The summed E-state index contributed by atoms with van der Waals surface area (Å²) in [7, 11) is 0. The molecule has 0 spiro atoms. The highest BCUT2D eigenvalue weighted by molar-refractivity contribution is 5.59. The van der Waals surface area contributed by atoms with Gasteiger partial charge in [0.15, 0.2) is 0 Å². The summed E-state index contributed by atoms with van der Waals surface area (Å²) in [5, 5.41) is 0. The van der Waals surface area contributed by atoms with Crippen LogP contribution >= 0.6 is 0 Å². The first-order valence-corrected chi connectivity index (χ1v) is 11.4. The zero-order valence-corrected chi connectivity index (χ0v) is 18.2. The largest absolute Gasteiger partial charge is 0.256 e. The molecule has 0 bridgehead atoms. The molecule has 152 valence electrons. The van der Waals surface area contributed by atoms with Crippen LogP contribution in [0.3, 0.4) is 0 Å². The van der Waals surface area contributed by atoms with Gasteiger partial charge in [0.1, 0.15) is 0 Å². The quantitative estimate of drug-likeness (QED) is 0.309. The molecule has 0 unspecified atom stereocenters. The van der Waals surface area contributed by atoms with E-state index in [-0.39, 0.29) is 0 Å². The molecule has 0 aliphatic heterocycles. The molecule has 0 aliphatic carbocycles. The molecule has 0 radical (unpaired) electrons. The average molecular weight is 386 g/mol. The number of pyridine rings is 1. The molecule has 0 N–H and O–H groups in total. The van der Waals surface area contributed by atoms with Gasteiger partial charge in [-0.2, -0.15) is 0 Å². The smallest absolute Gasteiger partial charge is 0.0702 e. The topological polar surface area (TPSA) is 12.9 Å². The fraction of sp³-hybridized carbons (Fsp3) is 0.393. The standard InChI is InChI=1S/C28H35N/c1-3-5-6-7-9-23-10-12-24(13-11-23)14-15-25-16-19-27(20-17-25)28-21-18-26(8-4-2)22-29-28/h10-13,16-22H,3-9,14-15H2,1-2H3. The Kier molecular flexibility index (Phi) is 8.49. The second-order valence-electron chi connectivity index (χ2n) is 8.13. The molecule has 29 heavy (non-hydrogen) atoms. The van der Waals surface area contributed by atoms with Crippen molar-refractivity contribution in [3.8, 4) is 11.3 Å². The lowest BCUT2D eigenvalue weighted by atomic mass is 10.00. The fourth-order valence-electron chi connectivity index (χ4n) is 3.79. The summed E-state index contributed by atoms with van der Waals surface area (Å²) in [4.78, 5) is 4.63. The number of aromatic nitrogens is 1. The van der Waals surface area contributed by atoms with Gasteiger partial charge < -0.3 is 0 Å². The maximum Gasteiger partial charge on any atom is 0.0702 e. The first-order valence-electron chi connectivity index (χ1n) is 11.4. The molecule has 3 rings (SSSR count). The van der Waals surface area contributed by atoms with Crippen molar-refractivity contribution in [3.05, 3.63) is 89.1 Å². The van der Waals surface area contributed by atoms with Crippen LogP contribution in [0.25, 0.3) is 11.3 Å². The summed E-state index contributed by atoms with van der Waals surface area (Å²) in [5.41, 5.74) is 7.88. The van der Waals surface area contributed by atoms with Crippen LogP contribution < -0.4 is 0 Å². The SMILES string of the molecule is CCCCCCc1ccc(CCc2ccc(-c3ccc(CCC)cn3)cc2)cc1. The number of hydrogen-bond donors (Lipinski definition) is 0. The van der Waals surface area contributed by atoms with Gasteiger partial charge in [-0.25, -0.2) is 0 Å². The monoisotopic (exact) mass is 385 g/mol. The Bertz CT molecular complexity index is 829. The van der Waals surface area contributed by atoms with E-state index in [9.17, 15) is 0 Å². The lowest BCUT2D eigenvalue weighted by Gasteiger charge is -2.07. The third-order valence-corrected chi connectivity index (χ3v) is 5.66. The van der Waals surface area contributed by atoms with Gasteiger partial charge in [0.05, 0.1) is 5.69 Å². The van der Waals surface area contributed by atoms with Crippen molar-refractivity contribution in [2.24, 2.45) is 0 Å². The molecule has 1 aromatic heterocycles. The summed E-state index contributed by atoms with van der Waals surface area (Å²) in [6, 6.07) is 22.5. The van der Waals surface area contributed by atoms with Crippen LogP contribution in [0, 0.1) is 0 Å². The number of rotatable bonds is 11. The van der Waals surface area contributed by atoms with E-state index >= 15 is 0 Å². The van der Waals surface area contributed by atoms with E-state index in [1.807, 2.05) is 6.20 Å². The average Bonchev–Trinajstić information content (AvgIpc) is 2.77. The summed E-state index contributed by atoms with van der Waals surface area (Å²) in [6.07, 6.45) is 13.0. The van der Waals surface area contributed by atoms with Gasteiger partial charge in [-0.05, 0) is 60.4 Å². The van der Waals surface area contributed by atoms with Gasteiger partial charge in [-0.3, -0.25) is 4.98 Å². The fourth-order valence-corrected chi connectivity index (χ4v) is 3.79. The molecule has 1 heteroatoms. The minimum atomic E-state index is 1.06. The number of benzene rings is 2. The third kappa shape index (κ3) is 6.85. The van der Waals surface area contributed by atoms with Crippen LogP contribution in [0.2, 0.25) is 0 Å². The minimum Gasteiger partial charge on any atom is -0.256 e. The maximum absolute atomic E-state index is 4.63. The molecule has 0 saturated carbocycles. The number of nitrogens with zero attached hydrogens (tertiary/aromatic N) is 1. The van der Waals surface area contributed by atoms with E-state index in [0.717, 1.165) is 31.4 Å². The van der Waals surface area contributed by atoms with Crippen molar-refractivity contribution in [3.63, 3.8) is 0 Å². The summed E-state index contributed by atoms with van der Waals surface area (Å²) < 4.78 is 0. The number of aryl methyl sites for hydroxylation is 4. The summed E-state index contributed by atoms with van der Waals surface area (Å²) in [5.74, 6) is 0. The predicted molar refractivity (Wildman–Crippen MR) is 125 cm³/mol. The van der Waals surface area contributed by atoms with Gasteiger partial charge in [-0.1, -0.05) is 94.1 Å². The van der Waals surface area contributed by atoms with E-state index in [1.165, 1.54) is 59.9 Å². The lowest BCUT2D eigenvalue weighted by molar-refractivity contribution is 0.667. The molecule has 0 saturated heterocycles. The molecule has 1 nitrogen and oxygen atoms in total. The normalized spacial score (nSPS) is 11.0. The van der Waals surface area contributed by atoms with E-state index < -0.39 is 0 Å². The Balaban J connectivity index is 1.49. The van der Waals surface area contributed by atoms with Crippen LogP contribution in [-0.4, -0.2) is 4.98 Å². The van der Waals surface area contributed by atoms with E-state index in [0.29, 0.717) is 0 Å². The zero-order valence-electron chi connectivity index (χ0n) is 18.2. The van der Waals surface area contributed by atoms with Gasteiger partial charge in [-0.15, -0.1) is 0 Å². The van der Waals surface area contributed by atoms with Crippen molar-refractivity contribution in [2.45, 2.75) is 71.6 Å². The maximum atomic E-state index is 4.63. The molecular formula is C28H35N. The molecule has 0 atom stereocenters. The Morgan fingerprint density at radius 1 is 0.517 bits per heavy atom. The Labute approximate surface area is 177 Å². The van der Waals surface area contributed by atoms with Crippen molar-refractivity contribution >= 4 is 0 Å². The van der Waals surface area contributed by atoms with Crippen LogP contribution in [0.5, 0.6) is 0 Å². The Morgan fingerprint density at radius 3 is 1.66 bits per heavy atom. The predicted octanol–water partition coefficient (Wildman–Crippen LogP) is 7.61. The lowest BCUT2D eigenvalue weighted by Crippen LogP contribution is -1.93. The first-order chi connectivity index (χ1) is 14.3. The van der Waals surface area contributed by atoms with Crippen molar-refractivity contribution < 1.29 is 0 Å². The van der Waals surface area contributed by atoms with E-state index in [2.05, 4.69) is 79.5 Å². The highest BCUT2D eigenvalue weighted by Crippen LogP contribution is 2.19. The molecule has 0 fully saturated rings. The van der Waals surface area contributed by atoms with Gasteiger partial charge in [0.25, 0.3) is 0 Å². The summed E-state index contributed by atoms with van der Waals surface area (Å²) in [6.45, 7) is 4.47. The van der Waals surface area contributed by atoms with Crippen molar-refractivity contribution in [1.29, 1.82) is 0 Å². The van der Waals surface area contributed by atoms with Crippen molar-refractivity contribution in [2.75, 3.05) is 0 Å². The molecular weight excluding hydrogens is 350 g/mol. The van der Waals surface area contributed by atoms with Gasteiger partial charge >= 0.3 is 0 Å². The third-order valence-electron chi connectivity index (χ3n) is 5.66. The van der Waals surface area contributed by atoms with Crippen LogP contribution in [0.15, 0.2) is 66.9 Å². The number of unbranched alkanes of at least 4 members (excludes halogenated alkanes) is 3. The van der Waals surface area contributed by atoms with Crippen LogP contribution in [0.1, 0.15) is 68.2 Å². The van der Waals surface area contributed by atoms with Gasteiger partial charge in [0.2, 0.25) is 0 Å². The first kappa shape index (κ1) is 21.3. The highest BCUT2D eigenvalue weighted by atomic mass is 14.7. The molecule has 0 aliphatic rings. The Hall–Kier alpha value is -2.41. The van der Waals surface area contributed by atoms with Crippen LogP contribution in [0.4, 0.5) is 0 Å². The Morgan fingerprint density at radius 2 is 1.10 bits per heavy atom. The zero-order chi connectivity index (χ0) is 20.3. The van der Waals surface area contributed by atoms with Crippen LogP contribution in [-0.2, 0) is 25.7 Å². The minimum absolute atomic E-state index is 1.06. The summed E-state index contributed by atoms with van der Waals surface area (Å²) >= 11 is 0.